The summed E-state index contributed by atoms with van der Waals surface area (Å²) in [4.78, 5) is 2.32. The van der Waals surface area contributed by atoms with E-state index in [4.69, 9.17) is 16.5 Å². The normalized spacial score (nSPS) is 31.7. The first-order chi connectivity index (χ1) is 11.9. The van der Waals surface area contributed by atoms with Gasteiger partial charge in [0.1, 0.15) is 6.34 Å². The Morgan fingerprint density at radius 2 is 1.84 bits per heavy atom. The zero-order chi connectivity index (χ0) is 17.8. The smallest absolute Gasteiger partial charge is 0.148 e. The zero-order valence-corrected chi connectivity index (χ0v) is 17.0. The molecule has 7 heteroatoms. The summed E-state index contributed by atoms with van der Waals surface area (Å²) in [6.07, 6.45) is -0.0962. The molecule has 0 amide bonds. The highest BCUT2D eigenvalue weighted by Gasteiger charge is 2.47. The molecule has 1 unspecified atom stereocenters. The lowest BCUT2D eigenvalue weighted by Gasteiger charge is -2.40. The van der Waals surface area contributed by atoms with Crippen LogP contribution in [-0.2, 0) is 22.0 Å². The number of fused-ring (bicyclic) bond motifs is 1. The van der Waals surface area contributed by atoms with E-state index in [1.165, 1.54) is 22.3 Å². The minimum atomic E-state index is -2.11. The van der Waals surface area contributed by atoms with Gasteiger partial charge in [-0.1, -0.05) is 43.9 Å². The van der Waals surface area contributed by atoms with Gasteiger partial charge in [0, 0.05) is 44.0 Å². The summed E-state index contributed by atoms with van der Waals surface area (Å²) in [6, 6.07) is 8.65. The van der Waals surface area contributed by atoms with Crippen LogP contribution in [0.2, 0.25) is 0 Å². The SMILES string of the molecule is CN1/C(=C2\C=NN(C)P2(=S)N2CCOCC2)C(C)(C)c2ccccc21. The number of hydrogen-bond donors (Lipinski definition) is 0. The fourth-order valence-corrected chi connectivity index (χ4v) is 8.06. The summed E-state index contributed by atoms with van der Waals surface area (Å²) >= 11 is 6.33. The fourth-order valence-electron chi connectivity index (χ4n) is 4.25. The van der Waals surface area contributed by atoms with Crippen molar-refractivity contribution in [3.63, 3.8) is 0 Å². The Labute approximate surface area is 155 Å². The predicted octanol–water partition coefficient (Wildman–Crippen LogP) is 3.20. The third-order valence-corrected chi connectivity index (χ3v) is 10.5. The predicted molar refractivity (Wildman–Crippen MR) is 108 cm³/mol. The second kappa shape index (κ2) is 5.92. The standard InChI is InChI=1S/C18H25N4OPS/c1-18(2)14-7-5-6-8-15(14)20(3)17(18)16-13-19-21(4)24(16,25)22-9-11-23-12-10-22/h5-8,13H,9-12H2,1-4H3/b17-16+. The molecule has 1 aromatic carbocycles. The van der Waals surface area contributed by atoms with E-state index in [-0.39, 0.29) is 5.41 Å². The van der Waals surface area contributed by atoms with Gasteiger partial charge >= 0.3 is 0 Å². The first-order valence-corrected chi connectivity index (χ1v) is 11.4. The fraction of sp³-hybridized carbons (Fsp3) is 0.500. The Balaban J connectivity index is 1.89. The van der Waals surface area contributed by atoms with E-state index in [1.807, 2.05) is 18.0 Å². The topological polar surface area (TPSA) is 31.3 Å². The van der Waals surface area contributed by atoms with Crippen LogP contribution in [0.3, 0.4) is 0 Å². The van der Waals surface area contributed by atoms with E-state index in [0.717, 1.165) is 26.3 Å². The Morgan fingerprint density at radius 3 is 2.52 bits per heavy atom. The van der Waals surface area contributed by atoms with Gasteiger partial charge in [0.25, 0.3) is 0 Å². The molecule has 0 bridgehead atoms. The lowest BCUT2D eigenvalue weighted by atomic mass is 9.84. The van der Waals surface area contributed by atoms with Gasteiger partial charge in [-0.15, -0.1) is 0 Å². The number of para-hydroxylation sites is 1. The van der Waals surface area contributed by atoms with Crippen molar-refractivity contribution in [1.29, 1.82) is 0 Å². The second-order valence-corrected chi connectivity index (χ2v) is 11.5. The number of rotatable bonds is 1. The first-order valence-electron chi connectivity index (χ1n) is 8.68. The van der Waals surface area contributed by atoms with E-state index < -0.39 is 6.34 Å². The molecule has 3 aliphatic heterocycles. The molecule has 5 nitrogen and oxygen atoms in total. The number of morpholine rings is 1. The summed E-state index contributed by atoms with van der Waals surface area (Å²) < 4.78 is 10.0. The van der Waals surface area contributed by atoms with Crippen LogP contribution in [0.4, 0.5) is 5.69 Å². The maximum Gasteiger partial charge on any atom is 0.148 e. The molecular weight excluding hydrogens is 351 g/mol. The maximum atomic E-state index is 6.33. The lowest BCUT2D eigenvalue weighted by Crippen LogP contribution is -2.37. The number of anilines is 1. The summed E-state index contributed by atoms with van der Waals surface area (Å²) in [7, 11) is 4.18. The molecule has 0 spiro atoms. The zero-order valence-electron chi connectivity index (χ0n) is 15.3. The molecule has 25 heavy (non-hydrogen) atoms. The monoisotopic (exact) mass is 376 g/mol. The van der Waals surface area contributed by atoms with Gasteiger partial charge in [-0.25, -0.2) is 0 Å². The van der Waals surface area contributed by atoms with Gasteiger partial charge in [0.2, 0.25) is 0 Å². The van der Waals surface area contributed by atoms with Crippen molar-refractivity contribution in [2.24, 2.45) is 5.10 Å². The van der Waals surface area contributed by atoms with Crippen molar-refractivity contribution in [1.82, 2.24) is 9.45 Å². The number of hydrazone groups is 1. The maximum absolute atomic E-state index is 6.33. The third-order valence-electron chi connectivity index (χ3n) is 5.53. The summed E-state index contributed by atoms with van der Waals surface area (Å²) in [5.41, 5.74) is 3.82. The van der Waals surface area contributed by atoms with Gasteiger partial charge in [-0.3, -0.25) is 9.45 Å². The quantitative estimate of drug-likeness (QED) is 0.703. The molecule has 0 aliphatic carbocycles. The largest absolute Gasteiger partial charge is 0.379 e. The number of likely N-dealkylation sites (N-methyl/N-ethyl adjacent to an activating group) is 1. The number of ether oxygens (including phenoxy) is 1. The molecule has 0 radical (unpaired) electrons. The molecule has 3 heterocycles. The van der Waals surface area contributed by atoms with Crippen LogP contribution in [-0.4, -0.2) is 56.1 Å². The Kier molecular flexibility index (Phi) is 4.08. The molecule has 0 aromatic heterocycles. The van der Waals surface area contributed by atoms with E-state index in [1.54, 1.807) is 0 Å². The molecule has 1 saturated heterocycles. The number of nitrogens with zero attached hydrogens (tertiary/aromatic N) is 4. The van der Waals surface area contributed by atoms with E-state index >= 15 is 0 Å². The highest BCUT2D eigenvalue weighted by Crippen LogP contribution is 2.65. The van der Waals surface area contributed by atoms with Gasteiger partial charge in [0.15, 0.2) is 0 Å². The molecule has 1 aromatic rings. The van der Waals surface area contributed by atoms with Crippen molar-refractivity contribution < 1.29 is 4.74 Å². The molecule has 1 fully saturated rings. The highest BCUT2D eigenvalue weighted by atomic mass is 32.4. The highest BCUT2D eigenvalue weighted by molar-refractivity contribution is 8.14. The second-order valence-electron chi connectivity index (χ2n) is 7.28. The van der Waals surface area contributed by atoms with Crippen LogP contribution >= 0.6 is 6.34 Å². The summed E-state index contributed by atoms with van der Waals surface area (Å²) in [5.74, 6) is 0. The molecule has 1 atom stereocenters. The van der Waals surface area contributed by atoms with Crippen LogP contribution in [0.1, 0.15) is 19.4 Å². The number of benzene rings is 1. The summed E-state index contributed by atoms with van der Waals surface area (Å²) in [5, 5.41) is 5.86. The van der Waals surface area contributed by atoms with Gasteiger partial charge in [-0.2, -0.15) is 5.10 Å². The molecule has 4 rings (SSSR count). The van der Waals surface area contributed by atoms with E-state index in [2.05, 4.69) is 59.8 Å². The Bertz CT molecular complexity index is 813. The molecule has 134 valence electrons. The van der Waals surface area contributed by atoms with Crippen LogP contribution < -0.4 is 4.90 Å². The van der Waals surface area contributed by atoms with E-state index in [0.29, 0.717) is 0 Å². The van der Waals surface area contributed by atoms with Gasteiger partial charge in [0.05, 0.1) is 24.7 Å². The lowest BCUT2D eigenvalue weighted by molar-refractivity contribution is 0.0731. The first kappa shape index (κ1) is 17.2. The average molecular weight is 376 g/mol. The van der Waals surface area contributed by atoms with Crippen molar-refractivity contribution in [3.8, 4) is 0 Å². The third kappa shape index (κ3) is 2.35. The van der Waals surface area contributed by atoms with Crippen LogP contribution in [0.25, 0.3) is 0 Å². The molecule has 0 saturated carbocycles. The van der Waals surface area contributed by atoms with Crippen LogP contribution in [0.5, 0.6) is 0 Å². The number of allylic oxidation sites excluding steroid dienone is 2. The molecular formula is C18H25N4OPS. The molecule has 0 N–H and O–H groups in total. The van der Waals surface area contributed by atoms with Gasteiger partial charge < -0.3 is 9.64 Å². The van der Waals surface area contributed by atoms with Crippen molar-refractivity contribution in [2.75, 3.05) is 45.3 Å². The Hall–Kier alpha value is -1.20. The van der Waals surface area contributed by atoms with Crippen LogP contribution in [0.15, 0.2) is 40.4 Å². The van der Waals surface area contributed by atoms with Gasteiger partial charge in [-0.05, 0) is 11.6 Å². The minimum Gasteiger partial charge on any atom is -0.379 e. The van der Waals surface area contributed by atoms with Crippen molar-refractivity contribution in [3.05, 3.63) is 40.8 Å². The summed E-state index contributed by atoms with van der Waals surface area (Å²) in [6.45, 7) is 7.83. The van der Waals surface area contributed by atoms with Crippen molar-refractivity contribution in [2.45, 2.75) is 19.3 Å². The van der Waals surface area contributed by atoms with Crippen LogP contribution in [0, 0.1) is 0 Å². The van der Waals surface area contributed by atoms with E-state index in [9.17, 15) is 0 Å². The minimum absolute atomic E-state index is 0.0891. The Morgan fingerprint density at radius 1 is 1.16 bits per heavy atom. The van der Waals surface area contributed by atoms with Crippen molar-refractivity contribution >= 4 is 30.0 Å². The molecule has 3 aliphatic rings. The average Bonchev–Trinajstić information content (AvgIpc) is 3.02. The number of hydrogen-bond acceptors (Lipinski definition) is 4.